The number of carbonyl (C=O) groups is 2. The lowest BCUT2D eigenvalue weighted by molar-refractivity contribution is 0.0396. The van der Waals surface area contributed by atoms with Gasteiger partial charge in [-0.15, -0.1) is 0 Å². The van der Waals surface area contributed by atoms with Crippen molar-refractivity contribution in [2.75, 3.05) is 51.4 Å². The van der Waals surface area contributed by atoms with Crippen molar-refractivity contribution in [1.29, 1.82) is 0 Å². The fourth-order valence-electron chi connectivity index (χ4n) is 8.78. The zero-order valence-electron chi connectivity index (χ0n) is 27.4. The van der Waals surface area contributed by atoms with Crippen LogP contribution in [0.2, 0.25) is 0 Å². The van der Waals surface area contributed by atoms with Crippen molar-refractivity contribution in [2.24, 2.45) is 16.6 Å². The highest BCUT2D eigenvalue weighted by Crippen LogP contribution is 2.65. The van der Waals surface area contributed by atoms with Crippen LogP contribution in [-0.2, 0) is 14.2 Å². The third-order valence-electron chi connectivity index (χ3n) is 11.6. The molecule has 48 heavy (non-hydrogen) atoms. The van der Waals surface area contributed by atoms with Crippen molar-refractivity contribution >= 4 is 28.7 Å². The minimum atomic E-state index is -1.45. The number of hydrogen-bond donors (Lipinski definition) is 4. The molecule has 7 aliphatic rings. The fourth-order valence-corrected chi connectivity index (χ4v) is 8.78. The van der Waals surface area contributed by atoms with E-state index in [1.54, 1.807) is 0 Å². The van der Waals surface area contributed by atoms with Gasteiger partial charge in [-0.05, 0) is 39.7 Å². The molecule has 1 aromatic carbocycles. The molecule has 4 unspecified atom stereocenters. The van der Waals surface area contributed by atoms with E-state index in [9.17, 15) is 23.9 Å². The Hall–Kier alpha value is -3.53. The van der Waals surface area contributed by atoms with E-state index in [0.29, 0.717) is 32.4 Å². The molecule has 4 saturated heterocycles. The first-order valence-electron chi connectivity index (χ1n) is 16.4. The number of carboxylic acids is 1. The minimum Gasteiger partial charge on any atom is -0.492 e. The van der Waals surface area contributed by atoms with Crippen LogP contribution < -0.4 is 31.4 Å². The fraction of sp³-hybridized carbons (Fsp3) is 0.667. The van der Waals surface area contributed by atoms with Gasteiger partial charge in [-0.1, -0.05) is 0 Å². The summed E-state index contributed by atoms with van der Waals surface area (Å²) in [5, 5.41) is 15.7. The van der Waals surface area contributed by atoms with Gasteiger partial charge < -0.3 is 49.9 Å². The Kier molecular flexibility index (Phi) is 6.62. The molecule has 2 spiro atoms. The monoisotopic (exact) mass is 673 g/mol. The van der Waals surface area contributed by atoms with Gasteiger partial charge in [0.25, 0.3) is 0 Å². The number of carbonyl (C=O) groups excluding carboxylic acids is 1. The molecule has 2 aromatic rings. The van der Waals surface area contributed by atoms with Gasteiger partial charge in [-0.2, -0.15) is 0 Å². The number of carboxylic acid groups (broad SMARTS) is 1. The lowest BCUT2D eigenvalue weighted by Gasteiger charge is -2.32. The standard InChI is InChI=1S/C21H21F2N3O5.C12H20N2O3/c1-30-18-15-9(17(27)10(19(28)29)5-26(15)13-3-11(13)22)2-12(23)16(18)25-6-20-4-14(20)31-8-21(20,24)7-25;1-10(2,3)17-9(15)14-12-6-13-5-11(12)4-8(11)16-7-12/h2,5,11,13-14H,3-4,6-8,24H2,1H3,(H,28,29);8,13H,4-7H2,1-3H3,(H,14,15)/t11-,13+,14?,20?,21-;8?,11?,12-/m00/s1. The molecule has 3 saturated carbocycles. The normalized spacial score (nSPS) is 37.9. The van der Waals surface area contributed by atoms with Gasteiger partial charge in [0.1, 0.15) is 23.0 Å². The summed E-state index contributed by atoms with van der Waals surface area (Å²) in [6, 6.07) is 0.399. The van der Waals surface area contributed by atoms with Crippen LogP contribution in [0.3, 0.4) is 0 Å². The summed E-state index contributed by atoms with van der Waals surface area (Å²) >= 11 is 0. The molecular weight excluding hydrogens is 632 g/mol. The Morgan fingerprint density at radius 1 is 1.15 bits per heavy atom. The lowest BCUT2D eigenvalue weighted by Crippen LogP contribution is -2.57. The third kappa shape index (κ3) is 4.43. The van der Waals surface area contributed by atoms with Gasteiger partial charge in [0.15, 0.2) is 11.6 Å². The molecule has 3 aliphatic carbocycles. The van der Waals surface area contributed by atoms with E-state index < -0.39 is 46.1 Å². The number of hydrogen-bond acceptors (Lipinski definition) is 10. The molecule has 7 fully saturated rings. The summed E-state index contributed by atoms with van der Waals surface area (Å²) in [5.41, 5.74) is 4.19. The van der Waals surface area contributed by atoms with E-state index >= 15 is 4.39 Å². The van der Waals surface area contributed by atoms with Crippen LogP contribution in [0.25, 0.3) is 10.9 Å². The van der Waals surface area contributed by atoms with Crippen LogP contribution in [0.1, 0.15) is 56.4 Å². The zero-order valence-corrected chi connectivity index (χ0v) is 27.4. The van der Waals surface area contributed by atoms with Crippen LogP contribution in [-0.4, -0.2) is 103 Å². The van der Waals surface area contributed by atoms with Gasteiger partial charge in [-0.25, -0.2) is 18.4 Å². The maximum absolute atomic E-state index is 15.4. The number of ether oxygens (including phenoxy) is 4. The summed E-state index contributed by atoms with van der Waals surface area (Å²) in [6.45, 7) is 9.17. The highest BCUT2D eigenvalue weighted by Gasteiger charge is 2.76. The first-order chi connectivity index (χ1) is 22.6. The number of aromatic nitrogens is 1. The predicted octanol–water partition coefficient (Wildman–Crippen LogP) is 2.08. The van der Waals surface area contributed by atoms with E-state index in [2.05, 4.69) is 10.6 Å². The highest BCUT2D eigenvalue weighted by atomic mass is 19.1. The topological polar surface area (TPSA) is 167 Å². The van der Waals surface area contributed by atoms with Crippen LogP contribution in [0.15, 0.2) is 17.1 Å². The molecule has 1 amide bonds. The van der Waals surface area contributed by atoms with Gasteiger partial charge >= 0.3 is 12.1 Å². The number of fused-ring (bicyclic) bond motifs is 1. The maximum atomic E-state index is 15.4. The maximum Gasteiger partial charge on any atom is 0.408 e. The number of alkyl halides is 1. The van der Waals surface area contributed by atoms with Gasteiger partial charge in [0, 0.05) is 49.6 Å². The first-order valence-corrected chi connectivity index (χ1v) is 16.4. The molecule has 4 aliphatic heterocycles. The molecule has 13 nitrogen and oxygen atoms in total. The highest BCUT2D eigenvalue weighted by molar-refractivity contribution is 5.97. The van der Waals surface area contributed by atoms with Crippen LogP contribution in [0.4, 0.5) is 19.3 Å². The molecule has 0 radical (unpaired) electrons. The Morgan fingerprint density at radius 3 is 2.44 bits per heavy atom. The second-order valence-corrected chi connectivity index (χ2v) is 15.7. The average molecular weight is 674 g/mol. The van der Waals surface area contributed by atoms with Crippen molar-refractivity contribution in [1.82, 2.24) is 15.2 Å². The van der Waals surface area contributed by atoms with E-state index in [0.717, 1.165) is 38.2 Å². The van der Waals surface area contributed by atoms with E-state index in [1.165, 1.54) is 11.7 Å². The van der Waals surface area contributed by atoms with E-state index in [1.807, 2.05) is 25.7 Å². The third-order valence-corrected chi connectivity index (χ3v) is 11.6. The number of pyridine rings is 1. The summed E-state index contributed by atoms with van der Waals surface area (Å²) in [7, 11) is 1.36. The number of nitrogens with zero attached hydrogens (tertiary/aromatic N) is 2. The number of nitrogens with two attached hydrogens (primary N) is 1. The number of methoxy groups -OCH3 is 1. The summed E-state index contributed by atoms with van der Waals surface area (Å²) in [5.74, 6) is -2.07. The van der Waals surface area contributed by atoms with Gasteiger partial charge in [-0.3, -0.25) is 4.79 Å². The minimum absolute atomic E-state index is 0.0621. The zero-order chi connectivity index (χ0) is 34.2. The predicted molar refractivity (Wildman–Crippen MR) is 168 cm³/mol. The number of alkyl carbamates (subject to hydrolysis) is 1. The number of anilines is 1. The Bertz CT molecular complexity index is 1810. The average Bonchev–Trinajstić information content (AvgIpc) is 3.91. The van der Waals surface area contributed by atoms with E-state index in [-0.39, 0.29) is 57.3 Å². The van der Waals surface area contributed by atoms with Crippen molar-refractivity contribution < 1.29 is 42.4 Å². The lowest BCUT2D eigenvalue weighted by atomic mass is 9.86. The molecule has 9 rings (SSSR count). The summed E-state index contributed by atoms with van der Waals surface area (Å²) < 4.78 is 53.2. The van der Waals surface area contributed by atoms with Crippen molar-refractivity contribution in [3.63, 3.8) is 0 Å². The number of halogens is 2. The second kappa shape index (κ2) is 10.0. The van der Waals surface area contributed by atoms with Crippen molar-refractivity contribution in [3.05, 3.63) is 33.9 Å². The number of benzene rings is 1. The number of amides is 1. The number of aromatic carboxylic acids is 1. The van der Waals surface area contributed by atoms with Gasteiger partial charge in [0.05, 0.1) is 60.6 Å². The SMILES string of the molecule is CC(C)(C)OC(=O)N[C@]12CNCC13CC3OC2.COc1c(N2CC34CC3OC[C@@]4(N)C2)c(F)cc2c(=O)c(C(=O)O)cn([C@@H]3C[C@@H]3F)c12. The Labute approximate surface area is 275 Å². The molecule has 5 heterocycles. The van der Waals surface area contributed by atoms with E-state index in [4.69, 9.17) is 24.7 Å². The molecule has 260 valence electrons. The molecule has 15 heteroatoms. The van der Waals surface area contributed by atoms with Crippen molar-refractivity contribution in [2.45, 2.75) is 81.1 Å². The molecular formula is C33H41F2N5O8. The first kappa shape index (κ1) is 31.7. The number of rotatable bonds is 5. The smallest absolute Gasteiger partial charge is 0.408 e. The van der Waals surface area contributed by atoms with Crippen LogP contribution >= 0.6 is 0 Å². The Morgan fingerprint density at radius 2 is 1.83 bits per heavy atom. The molecule has 0 bridgehead atoms. The van der Waals surface area contributed by atoms with Crippen LogP contribution in [0, 0.1) is 16.6 Å². The quantitative estimate of drug-likeness (QED) is 0.367. The second-order valence-electron chi connectivity index (χ2n) is 15.7. The largest absolute Gasteiger partial charge is 0.492 e. The van der Waals surface area contributed by atoms with Gasteiger partial charge in [0.2, 0.25) is 5.43 Å². The summed E-state index contributed by atoms with van der Waals surface area (Å²) in [4.78, 5) is 38.1. The Balaban J connectivity index is 0.000000167. The molecule has 5 N–H and O–H groups in total. The summed E-state index contributed by atoms with van der Waals surface area (Å²) in [6.07, 6.45) is 2.06. The van der Waals surface area contributed by atoms with Crippen molar-refractivity contribution in [3.8, 4) is 5.75 Å². The number of nitrogens with one attached hydrogen (secondary N) is 2. The van der Waals surface area contributed by atoms with Crippen LogP contribution in [0.5, 0.6) is 5.75 Å². The molecule has 1 aromatic heterocycles. The molecule has 8 atom stereocenters.